The average molecular weight is 279 g/mol. The van der Waals surface area contributed by atoms with Crippen LogP contribution < -0.4 is 0 Å². The van der Waals surface area contributed by atoms with Crippen molar-refractivity contribution in [3.63, 3.8) is 0 Å². The molecule has 1 N–H and O–H groups in total. The number of fused-ring (bicyclic) bond motifs is 1. The molecule has 0 aromatic heterocycles. The lowest BCUT2D eigenvalue weighted by Gasteiger charge is -2.51. The van der Waals surface area contributed by atoms with E-state index < -0.39 is 12.5 Å². The van der Waals surface area contributed by atoms with E-state index in [9.17, 15) is 9.82 Å². The summed E-state index contributed by atoms with van der Waals surface area (Å²) in [6.07, 6.45) is 3.99. The summed E-state index contributed by atoms with van der Waals surface area (Å²) >= 11 is 0. The Morgan fingerprint density at radius 3 is 2.60 bits per heavy atom. The van der Waals surface area contributed by atoms with Crippen molar-refractivity contribution in [1.29, 1.82) is 0 Å². The standard InChI is InChI=1S/C15H26BNO3/c1-13(2,3)12(18)17-11-8-10-6-7-15(11,14(10,4)5)9-16(19)20-17/h10-11,19H,6-9H2,1-5H3. The smallest absolute Gasteiger partial charge is 0.426 e. The van der Waals surface area contributed by atoms with Crippen molar-refractivity contribution in [3.05, 3.63) is 0 Å². The zero-order valence-electron chi connectivity index (χ0n) is 13.3. The van der Waals surface area contributed by atoms with Crippen LogP contribution in [-0.4, -0.2) is 29.2 Å². The van der Waals surface area contributed by atoms with Gasteiger partial charge in [0.05, 0.1) is 6.04 Å². The molecule has 3 fully saturated rings. The highest BCUT2D eigenvalue weighted by molar-refractivity contribution is 6.43. The summed E-state index contributed by atoms with van der Waals surface area (Å²) in [5, 5.41) is 11.7. The van der Waals surface area contributed by atoms with Gasteiger partial charge in [-0.25, -0.2) is 5.06 Å². The summed E-state index contributed by atoms with van der Waals surface area (Å²) in [6.45, 7) is 10.3. The summed E-state index contributed by atoms with van der Waals surface area (Å²) in [4.78, 5) is 12.7. The van der Waals surface area contributed by atoms with Crippen LogP contribution in [0.4, 0.5) is 0 Å². The molecule has 3 aliphatic rings. The summed E-state index contributed by atoms with van der Waals surface area (Å²) in [5.41, 5.74) is -0.278. The van der Waals surface area contributed by atoms with Crippen molar-refractivity contribution in [2.24, 2.45) is 22.2 Å². The normalized spacial score (nSPS) is 39.1. The van der Waals surface area contributed by atoms with Crippen molar-refractivity contribution in [2.45, 2.75) is 66.2 Å². The maximum atomic E-state index is 12.7. The maximum absolute atomic E-state index is 12.7. The van der Waals surface area contributed by atoms with Crippen LogP contribution in [0.15, 0.2) is 0 Å². The molecular formula is C15H26BNO3. The highest BCUT2D eigenvalue weighted by atomic mass is 16.7. The Morgan fingerprint density at radius 1 is 1.40 bits per heavy atom. The molecule has 1 amide bonds. The molecule has 1 saturated heterocycles. The maximum Gasteiger partial charge on any atom is 0.480 e. The van der Waals surface area contributed by atoms with Crippen LogP contribution in [0, 0.1) is 22.2 Å². The van der Waals surface area contributed by atoms with Crippen LogP contribution in [0.1, 0.15) is 53.9 Å². The topological polar surface area (TPSA) is 49.8 Å². The first-order valence-corrected chi connectivity index (χ1v) is 7.78. The second kappa shape index (κ2) is 4.01. The molecule has 0 aromatic rings. The molecule has 2 saturated carbocycles. The number of hydroxylamine groups is 2. The Balaban J connectivity index is 1.98. The molecule has 20 heavy (non-hydrogen) atoms. The Labute approximate surface area is 122 Å². The Bertz CT molecular complexity index is 445. The van der Waals surface area contributed by atoms with Crippen molar-refractivity contribution in [3.8, 4) is 0 Å². The third-order valence-electron chi connectivity index (χ3n) is 6.29. The number of carbonyl (C=O) groups excluding carboxylic acids is 1. The van der Waals surface area contributed by atoms with Crippen LogP contribution >= 0.6 is 0 Å². The predicted octanol–water partition coefficient (Wildman–Crippen LogP) is 2.48. The Morgan fingerprint density at radius 2 is 2.05 bits per heavy atom. The SMILES string of the molecule is CC(C)(C)C(=O)N1OB(O)CC23CCC(CC12)C3(C)C. The van der Waals surface area contributed by atoms with Gasteiger partial charge in [-0.15, -0.1) is 0 Å². The van der Waals surface area contributed by atoms with Gasteiger partial charge in [-0.3, -0.25) is 9.55 Å². The minimum absolute atomic E-state index is 0.0102. The van der Waals surface area contributed by atoms with Gasteiger partial charge in [-0.05, 0) is 42.3 Å². The quantitative estimate of drug-likeness (QED) is 0.693. The van der Waals surface area contributed by atoms with Crippen LogP contribution in [0.3, 0.4) is 0 Å². The van der Waals surface area contributed by atoms with Gasteiger partial charge in [0, 0.05) is 5.41 Å². The average Bonchev–Trinajstić information content (AvgIpc) is 2.68. The second-order valence-corrected chi connectivity index (χ2v) is 8.51. The first-order chi connectivity index (χ1) is 9.09. The molecule has 2 aliphatic carbocycles. The van der Waals surface area contributed by atoms with Gasteiger partial charge in [0.25, 0.3) is 5.91 Å². The van der Waals surface area contributed by atoms with E-state index in [0.29, 0.717) is 12.2 Å². The van der Waals surface area contributed by atoms with E-state index >= 15 is 0 Å². The molecular weight excluding hydrogens is 253 g/mol. The van der Waals surface area contributed by atoms with E-state index in [-0.39, 0.29) is 22.8 Å². The fraction of sp³-hybridized carbons (Fsp3) is 0.933. The van der Waals surface area contributed by atoms with Gasteiger partial charge in [-0.2, -0.15) is 0 Å². The third-order valence-corrected chi connectivity index (χ3v) is 6.29. The van der Waals surface area contributed by atoms with Gasteiger partial charge in [0.2, 0.25) is 0 Å². The number of rotatable bonds is 0. The van der Waals surface area contributed by atoms with E-state index in [2.05, 4.69) is 13.8 Å². The lowest BCUT2D eigenvalue weighted by molar-refractivity contribution is -0.201. The van der Waals surface area contributed by atoms with Gasteiger partial charge in [0.1, 0.15) is 0 Å². The van der Waals surface area contributed by atoms with E-state index in [1.165, 1.54) is 11.5 Å². The number of carbonyl (C=O) groups is 1. The first kappa shape index (κ1) is 14.4. The fourth-order valence-electron chi connectivity index (χ4n) is 4.92. The van der Waals surface area contributed by atoms with Gasteiger partial charge in [0.15, 0.2) is 0 Å². The molecule has 1 aliphatic heterocycles. The van der Waals surface area contributed by atoms with E-state index in [1.54, 1.807) is 0 Å². The van der Waals surface area contributed by atoms with Crippen LogP contribution in [0.5, 0.6) is 0 Å². The van der Waals surface area contributed by atoms with Crippen molar-refractivity contribution >= 4 is 13.0 Å². The Hall–Kier alpha value is -0.545. The van der Waals surface area contributed by atoms with Crippen LogP contribution in [-0.2, 0) is 9.55 Å². The van der Waals surface area contributed by atoms with Crippen molar-refractivity contribution in [2.75, 3.05) is 0 Å². The lowest BCUT2D eigenvalue weighted by atomic mass is 9.56. The lowest BCUT2D eigenvalue weighted by Crippen LogP contribution is -2.60. The molecule has 1 heterocycles. The van der Waals surface area contributed by atoms with Gasteiger partial charge >= 0.3 is 7.12 Å². The Kier molecular flexibility index (Phi) is 2.88. The molecule has 5 heteroatoms. The molecule has 3 unspecified atom stereocenters. The monoisotopic (exact) mass is 279 g/mol. The summed E-state index contributed by atoms with van der Waals surface area (Å²) < 4.78 is 5.57. The molecule has 2 bridgehead atoms. The van der Waals surface area contributed by atoms with E-state index in [1.807, 2.05) is 20.8 Å². The molecule has 3 rings (SSSR count). The summed E-state index contributed by atoms with van der Waals surface area (Å²) in [6, 6.07) is 0.131. The molecule has 4 nitrogen and oxygen atoms in total. The van der Waals surface area contributed by atoms with Crippen LogP contribution in [0.2, 0.25) is 6.32 Å². The summed E-state index contributed by atoms with van der Waals surface area (Å²) in [5.74, 6) is 0.626. The number of hydrogen-bond acceptors (Lipinski definition) is 3. The van der Waals surface area contributed by atoms with E-state index in [4.69, 9.17) is 4.76 Å². The minimum atomic E-state index is -0.853. The number of amides is 1. The van der Waals surface area contributed by atoms with Gasteiger partial charge in [-0.1, -0.05) is 34.6 Å². The third kappa shape index (κ3) is 1.65. The van der Waals surface area contributed by atoms with Crippen molar-refractivity contribution in [1.82, 2.24) is 5.06 Å². The highest BCUT2D eigenvalue weighted by Crippen LogP contribution is 2.70. The van der Waals surface area contributed by atoms with Gasteiger partial charge < -0.3 is 5.02 Å². The summed E-state index contributed by atoms with van der Waals surface area (Å²) in [7, 11) is -0.853. The van der Waals surface area contributed by atoms with Crippen LogP contribution in [0.25, 0.3) is 0 Å². The molecule has 0 aromatic carbocycles. The number of nitrogens with zero attached hydrogens (tertiary/aromatic N) is 1. The zero-order chi connectivity index (χ0) is 14.9. The zero-order valence-corrected chi connectivity index (χ0v) is 13.3. The van der Waals surface area contributed by atoms with Crippen molar-refractivity contribution < 1.29 is 14.6 Å². The molecule has 0 radical (unpaired) electrons. The number of hydrogen-bond donors (Lipinski definition) is 1. The first-order valence-electron chi connectivity index (χ1n) is 7.78. The highest BCUT2D eigenvalue weighted by Gasteiger charge is 2.69. The molecule has 112 valence electrons. The minimum Gasteiger partial charge on any atom is -0.426 e. The second-order valence-electron chi connectivity index (χ2n) is 8.51. The molecule has 3 atom stereocenters. The fourth-order valence-corrected chi connectivity index (χ4v) is 4.92. The predicted molar refractivity (Wildman–Crippen MR) is 77.5 cm³/mol. The molecule has 1 spiro atoms. The largest absolute Gasteiger partial charge is 0.480 e. The van der Waals surface area contributed by atoms with E-state index in [0.717, 1.165) is 12.8 Å².